The molecule has 162 valence electrons. The lowest BCUT2D eigenvalue weighted by molar-refractivity contribution is -0.0245. The molecule has 0 atom stereocenters. The van der Waals surface area contributed by atoms with Crippen LogP contribution < -0.4 is 14.8 Å². The van der Waals surface area contributed by atoms with Crippen LogP contribution in [0.1, 0.15) is 58.7 Å². The number of amides is 1. The Labute approximate surface area is 178 Å². The zero-order valence-corrected chi connectivity index (χ0v) is 18.7. The Kier molecular flexibility index (Phi) is 6.25. The van der Waals surface area contributed by atoms with E-state index in [1.807, 2.05) is 45.0 Å². The van der Waals surface area contributed by atoms with E-state index in [4.69, 9.17) is 14.2 Å². The molecule has 1 amide bonds. The van der Waals surface area contributed by atoms with Crippen LogP contribution in [0.15, 0.2) is 42.6 Å². The lowest BCUT2D eigenvalue weighted by Gasteiger charge is -2.35. The van der Waals surface area contributed by atoms with Gasteiger partial charge >= 0.3 is 6.09 Å². The molecule has 2 aromatic rings. The highest BCUT2D eigenvalue weighted by Crippen LogP contribution is 2.33. The zero-order chi connectivity index (χ0) is 21.9. The van der Waals surface area contributed by atoms with Crippen LogP contribution in [0, 0.1) is 0 Å². The van der Waals surface area contributed by atoms with Crippen molar-refractivity contribution in [3.8, 4) is 11.5 Å². The summed E-state index contributed by atoms with van der Waals surface area (Å²) in [5.41, 5.74) is 1.59. The predicted octanol–water partition coefficient (Wildman–Crippen LogP) is 4.85. The molecule has 6 nitrogen and oxygen atoms in total. The third-order valence-corrected chi connectivity index (χ3v) is 5.29. The Morgan fingerprint density at radius 1 is 0.967 bits per heavy atom. The fourth-order valence-corrected chi connectivity index (χ4v) is 3.36. The first-order valence-electron chi connectivity index (χ1n) is 10.3. The molecule has 0 unspecified atom stereocenters. The van der Waals surface area contributed by atoms with Gasteiger partial charge in [-0.1, -0.05) is 26.0 Å². The van der Waals surface area contributed by atoms with E-state index < -0.39 is 0 Å². The van der Waals surface area contributed by atoms with Crippen LogP contribution in [-0.2, 0) is 10.2 Å². The molecule has 1 aromatic carbocycles. The third-order valence-electron chi connectivity index (χ3n) is 5.29. The Morgan fingerprint density at radius 2 is 1.60 bits per heavy atom. The molecule has 1 N–H and O–H groups in total. The summed E-state index contributed by atoms with van der Waals surface area (Å²) in [7, 11) is 1.66. The van der Waals surface area contributed by atoms with Crippen LogP contribution in [0.4, 0.5) is 4.79 Å². The molecule has 1 aliphatic rings. The van der Waals surface area contributed by atoms with Crippen LogP contribution in [0.5, 0.6) is 11.5 Å². The van der Waals surface area contributed by atoms with E-state index in [-0.39, 0.29) is 29.3 Å². The van der Waals surface area contributed by atoms with Crippen molar-refractivity contribution in [1.82, 2.24) is 10.3 Å². The molecule has 0 spiro atoms. The molecule has 1 saturated carbocycles. The molecule has 0 aliphatic heterocycles. The third kappa shape index (κ3) is 5.43. The Balaban J connectivity index is 1.52. The van der Waals surface area contributed by atoms with Crippen LogP contribution in [0.3, 0.4) is 0 Å². The summed E-state index contributed by atoms with van der Waals surface area (Å²) in [6.07, 6.45) is 2.71. The monoisotopic (exact) mass is 412 g/mol. The number of carbonyl (C=O) groups is 1. The molecule has 3 rings (SSSR count). The Morgan fingerprint density at radius 3 is 2.13 bits per heavy atom. The number of rotatable bonds is 6. The highest BCUT2D eigenvalue weighted by Gasteiger charge is 2.35. The lowest BCUT2D eigenvalue weighted by atomic mass is 9.81. The highest BCUT2D eigenvalue weighted by atomic mass is 16.6. The average molecular weight is 413 g/mol. The van der Waals surface area contributed by atoms with E-state index >= 15 is 0 Å². The number of benzene rings is 1. The normalized spacial score (nSPS) is 18.9. The number of hydrogen-bond donors (Lipinski definition) is 1. The van der Waals surface area contributed by atoms with Gasteiger partial charge in [0.05, 0.1) is 19.0 Å². The first-order chi connectivity index (χ1) is 14.1. The van der Waals surface area contributed by atoms with E-state index in [1.165, 1.54) is 0 Å². The van der Waals surface area contributed by atoms with Gasteiger partial charge in [0.25, 0.3) is 0 Å². The van der Waals surface area contributed by atoms with Crippen molar-refractivity contribution >= 4 is 6.09 Å². The number of nitrogens with zero attached hydrogens (tertiary/aromatic N) is 1. The second-order valence-corrected chi connectivity index (χ2v) is 9.35. The number of pyridine rings is 1. The lowest BCUT2D eigenvalue weighted by Crippen LogP contribution is -2.46. The molecule has 0 radical (unpaired) electrons. The highest BCUT2D eigenvalue weighted by molar-refractivity contribution is 5.68. The molecule has 30 heavy (non-hydrogen) atoms. The minimum Gasteiger partial charge on any atom is -0.497 e. The maximum atomic E-state index is 11.8. The number of carbonyl (C=O) groups excluding carboxylic acids is 1. The summed E-state index contributed by atoms with van der Waals surface area (Å²) in [5.74, 6) is 1.57. The van der Waals surface area contributed by atoms with E-state index in [0.29, 0.717) is 12.8 Å². The Hall–Kier alpha value is -2.76. The topological polar surface area (TPSA) is 69.7 Å². The van der Waals surface area contributed by atoms with Gasteiger partial charge in [-0.15, -0.1) is 0 Å². The van der Waals surface area contributed by atoms with Gasteiger partial charge in [0.2, 0.25) is 0 Å². The van der Waals surface area contributed by atoms with Crippen molar-refractivity contribution in [2.45, 2.75) is 70.6 Å². The van der Waals surface area contributed by atoms with Gasteiger partial charge in [-0.2, -0.15) is 0 Å². The van der Waals surface area contributed by atoms with Gasteiger partial charge in [0.15, 0.2) is 0 Å². The SMILES string of the molecule is COc1ccc(C(C)(C)c2ccc(OC3CC(OC(=O)NC(C)(C)C)C3)cn2)cc1. The summed E-state index contributed by atoms with van der Waals surface area (Å²) in [5, 5.41) is 2.80. The summed E-state index contributed by atoms with van der Waals surface area (Å²) < 4.78 is 16.6. The molecular weight excluding hydrogens is 380 g/mol. The van der Waals surface area contributed by atoms with Gasteiger partial charge in [-0.25, -0.2) is 4.79 Å². The van der Waals surface area contributed by atoms with Crippen molar-refractivity contribution in [2.75, 3.05) is 7.11 Å². The molecule has 1 fully saturated rings. The number of hydrogen-bond acceptors (Lipinski definition) is 5. The second-order valence-electron chi connectivity index (χ2n) is 9.35. The van der Waals surface area contributed by atoms with Crippen molar-refractivity contribution < 1.29 is 19.0 Å². The maximum Gasteiger partial charge on any atom is 0.407 e. The van der Waals surface area contributed by atoms with E-state index in [1.54, 1.807) is 13.3 Å². The van der Waals surface area contributed by atoms with E-state index in [9.17, 15) is 4.79 Å². The average Bonchev–Trinajstić information content (AvgIpc) is 2.65. The first-order valence-corrected chi connectivity index (χ1v) is 10.3. The molecule has 6 heteroatoms. The number of alkyl carbamates (subject to hydrolysis) is 1. The first kappa shape index (κ1) is 21.9. The minimum absolute atomic E-state index is 0.0414. The molecule has 1 heterocycles. The van der Waals surface area contributed by atoms with Crippen LogP contribution >= 0.6 is 0 Å². The maximum absolute atomic E-state index is 11.8. The van der Waals surface area contributed by atoms with Crippen molar-refractivity contribution in [2.24, 2.45) is 0 Å². The van der Waals surface area contributed by atoms with Crippen molar-refractivity contribution in [1.29, 1.82) is 0 Å². The van der Waals surface area contributed by atoms with E-state index in [2.05, 4.69) is 36.3 Å². The summed E-state index contributed by atoms with van der Waals surface area (Å²) in [6.45, 7) is 10.1. The fraction of sp³-hybridized carbons (Fsp3) is 0.500. The van der Waals surface area contributed by atoms with Crippen LogP contribution in [0.25, 0.3) is 0 Å². The summed E-state index contributed by atoms with van der Waals surface area (Å²) >= 11 is 0. The zero-order valence-electron chi connectivity index (χ0n) is 18.7. The van der Waals surface area contributed by atoms with Gasteiger partial charge in [0.1, 0.15) is 23.7 Å². The summed E-state index contributed by atoms with van der Waals surface area (Å²) in [6, 6.07) is 12.0. The largest absolute Gasteiger partial charge is 0.497 e. The van der Waals surface area contributed by atoms with Crippen LogP contribution in [-0.4, -0.2) is 35.9 Å². The number of aromatic nitrogens is 1. The molecule has 0 saturated heterocycles. The number of ether oxygens (including phenoxy) is 3. The fourth-order valence-electron chi connectivity index (χ4n) is 3.36. The van der Waals surface area contributed by atoms with Crippen molar-refractivity contribution in [3.63, 3.8) is 0 Å². The number of nitrogens with one attached hydrogen (secondary N) is 1. The smallest absolute Gasteiger partial charge is 0.407 e. The molecule has 1 aliphatic carbocycles. The number of methoxy groups -OCH3 is 1. The Bertz CT molecular complexity index is 848. The predicted molar refractivity (Wildman–Crippen MR) is 116 cm³/mol. The summed E-state index contributed by atoms with van der Waals surface area (Å²) in [4.78, 5) is 16.5. The van der Waals surface area contributed by atoms with E-state index in [0.717, 1.165) is 22.8 Å². The van der Waals surface area contributed by atoms with Gasteiger partial charge in [0, 0.05) is 23.8 Å². The van der Waals surface area contributed by atoms with Gasteiger partial charge in [-0.05, 0) is 50.6 Å². The quantitative estimate of drug-likeness (QED) is 0.734. The molecule has 0 bridgehead atoms. The van der Waals surface area contributed by atoms with Gasteiger partial charge < -0.3 is 19.5 Å². The second kappa shape index (κ2) is 8.54. The standard InChI is InChI=1S/C24H32N2O4/c1-23(2,3)26-22(27)30-20-13-19(14-20)29-18-11-12-21(25-15-18)24(4,5)16-7-9-17(28-6)10-8-16/h7-12,15,19-20H,13-14H2,1-6H3,(H,26,27). The van der Waals surface area contributed by atoms with Gasteiger partial charge in [-0.3, -0.25) is 4.98 Å². The van der Waals surface area contributed by atoms with Crippen LogP contribution in [0.2, 0.25) is 0 Å². The van der Waals surface area contributed by atoms with Crippen molar-refractivity contribution in [3.05, 3.63) is 53.9 Å². The minimum atomic E-state index is -0.377. The molecule has 1 aromatic heterocycles. The molecular formula is C24H32N2O4.